The zero-order valence-corrected chi connectivity index (χ0v) is 10.6. The number of imide groups is 1. The van der Waals surface area contributed by atoms with Gasteiger partial charge in [-0.3, -0.25) is 14.5 Å². The van der Waals surface area contributed by atoms with E-state index >= 15 is 0 Å². The maximum atomic E-state index is 13.6. The number of anilines is 2. The third kappa shape index (κ3) is 2.61. The van der Waals surface area contributed by atoms with E-state index in [4.69, 9.17) is 0 Å². The van der Waals surface area contributed by atoms with E-state index in [0.717, 1.165) is 11.1 Å². The van der Waals surface area contributed by atoms with Crippen LogP contribution in [-0.4, -0.2) is 46.3 Å². The van der Waals surface area contributed by atoms with E-state index in [1.54, 1.807) is 0 Å². The number of hydrogen-bond donors (Lipinski definition) is 2. The Balaban J connectivity index is 2.17. The van der Waals surface area contributed by atoms with Gasteiger partial charge in [0.25, 0.3) is 5.91 Å². The average molecular weight is 267 g/mol. The maximum Gasteiger partial charge on any atom is 0.251 e. The van der Waals surface area contributed by atoms with Gasteiger partial charge in [-0.15, -0.1) is 0 Å². The Morgan fingerprint density at radius 2 is 2.26 bits per heavy atom. The standard InChI is InChI=1S/C11H14FN5O2/c1-3-13-11-14-5-6(12)9(16-11)15-7-4-8(18)17(2)10(7)19/h5,7H,3-4H2,1-2H3,(H2,13,14,15,16). The van der Waals surface area contributed by atoms with Crippen molar-refractivity contribution in [1.82, 2.24) is 14.9 Å². The number of carbonyl (C=O) groups excluding carboxylic acids is 2. The SMILES string of the molecule is CCNc1ncc(F)c(NC2CC(=O)N(C)C2=O)n1. The Hall–Kier alpha value is -2.25. The highest BCUT2D eigenvalue weighted by atomic mass is 19.1. The minimum atomic E-state index is -0.781. The van der Waals surface area contributed by atoms with Crippen molar-refractivity contribution in [2.24, 2.45) is 0 Å². The second-order valence-corrected chi connectivity index (χ2v) is 4.11. The first-order chi connectivity index (χ1) is 9.02. The highest BCUT2D eigenvalue weighted by molar-refractivity contribution is 6.06. The summed E-state index contributed by atoms with van der Waals surface area (Å²) in [6.45, 7) is 2.45. The number of halogens is 1. The van der Waals surface area contributed by atoms with Crippen LogP contribution in [0, 0.1) is 5.82 Å². The molecule has 1 fully saturated rings. The minimum Gasteiger partial charge on any atom is -0.355 e. The molecule has 1 unspecified atom stereocenters. The first-order valence-corrected chi connectivity index (χ1v) is 5.86. The molecule has 1 aromatic rings. The van der Waals surface area contributed by atoms with Crippen LogP contribution in [0.25, 0.3) is 0 Å². The lowest BCUT2D eigenvalue weighted by atomic mass is 10.2. The number of carbonyl (C=O) groups is 2. The number of amides is 2. The Bertz CT molecular complexity index is 522. The number of nitrogens with zero attached hydrogens (tertiary/aromatic N) is 3. The molecule has 1 aromatic heterocycles. The molecule has 1 saturated heterocycles. The predicted molar refractivity (Wildman–Crippen MR) is 66.0 cm³/mol. The van der Waals surface area contributed by atoms with Crippen molar-refractivity contribution in [3.63, 3.8) is 0 Å². The lowest BCUT2D eigenvalue weighted by Gasteiger charge is -2.12. The Labute approximate surface area is 109 Å². The second kappa shape index (κ2) is 5.17. The van der Waals surface area contributed by atoms with Crippen molar-refractivity contribution in [2.75, 3.05) is 24.2 Å². The number of likely N-dealkylation sites (tertiary alicyclic amines) is 1. The van der Waals surface area contributed by atoms with Gasteiger partial charge in [-0.25, -0.2) is 9.37 Å². The lowest BCUT2D eigenvalue weighted by molar-refractivity contribution is -0.136. The van der Waals surface area contributed by atoms with Gasteiger partial charge < -0.3 is 10.6 Å². The summed E-state index contributed by atoms with van der Waals surface area (Å²) in [5.74, 6) is -1.20. The molecule has 2 heterocycles. The number of aromatic nitrogens is 2. The topological polar surface area (TPSA) is 87.2 Å². The zero-order valence-electron chi connectivity index (χ0n) is 10.6. The van der Waals surface area contributed by atoms with E-state index in [1.807, 2.05) is 6.92 Å². The van der Waals surface area contributed by atoms with Gasteiger partial charge in [-0.05, 0) is 6.92 Å². The summed E-state index contributed by atoms with van der Waals surface area (Å²) in [7, 11) is 1.40. The second-order valence-electron chi connectivity index (χ2n) is 4.11. The van der Waals surface area contributed by atoms with Crippen LogP contribution >= 0.6 is 0 Å². The van der Waals surface area contributed by atoms with Gasteiger partial charge in [0, 0.05) is 13.6 Å². The van der Waals surface area contributed by atoms with E-state index < -0.39 is 17.8 Å². The third-order valence-electron chi connectivity index (χ3n) is 2.77. The molecule has 2 N–H and O–H groups in total. The molecule has 7 nitrogen and oxygen atoms in total. The molecule has 0 aromatic carbocycles. The summed E-state index contributed by atoms with van der Waals surface area (Å²) in [6, 6.07) is -0.781. The molecule has 19 heavy (non-hydrogen) atoms. The summed E-state index contributed by atoms with van der Waals surface area (Å²) < 4.78 is 13.6. The van der Waals surface area contributed by atoms with E-state index in [-0.39, 0.29) is 24.1 Å². The number of rotatable bonds is 4. The molecule has 0 saturated carbocycles. The van der Waals surface area contributed by atoms with Gasteiger partial charge in [0.15, 0.2) is 11.6 Å². The number of nitrogens with one attached hydrogen (secondary N) is 2. The molecule has 0 radical (unpaired) electrons. The Morgan fingerprint density at radius 1 is 1.53 bits per heavy atom. The van der Waals surface area contributed by atoms with Crippen LogP contribution in [0.2, 0.25) is 0 Å². The number of hydrogen-bond acceptors (Lipinski definition) is 6. The number of likely N-dealkylation sites (N-methyl/N-ethyl adjacent to an activating group) is 1. The van der Waals surface area contributed by atoms with E-state index in [1.165, 1.54) is 7.05 Å². The summed E-state index contributed by atoms with van der Waals surface area (Å²) in [5, 5.41) is 5.48. The largest absolute Gasteiger partial charge is 0.355 e. The molecule has 102 valence electrons. The molecule has 1 atom stereocenters. The fourth-order valence-electron chi connectivity index (χ4n) is 1.74. The Kier molecular flexibility index (Phi) is 3.59. The van der Waals surface area contributed by atoms with Crippen molar-refractivity contribution in [3.8, 4) is 0 Å². The molecular formula is C11H14FN5O2. The highest BCUT2D eigenvalue weighted by Crippen LogP contribution is 2.18. The molecule has 1 aliphatic rings. The van der Waals surface area contributed by atoms with E-state index in [2.05, 4.69) is 20.6 Å². The van der Waals surface area contributed by atoms with Gasteiger partial charge in [-0.2, -0.15) is 4.98 Å². The fourth-order valence-corrected chi connectivity index (χ4v) is 1.74. The van der Waals surface area contributed by atoms with Gasteiger partial charge in [0.05, 0.1) is 12.6 Å². The van der Waals surface area contributed by atoms with Crippen LogP contribution in [-0.2, 0) is 9.59 Å². The van der Waals surface area contributed by atoms with Crippen LogP contribution in [0.4, 0.5) is 16.2 Å². The van der Waals surface area contributed by atoms with Crippen molar-refractivity contribution in [1.29, 1.82) is 0 Å². The van der Waals surface area contributed by atoms with Crippen LogP contribution in [0.15, 0.2) is 6.20 Å². The van der Waals surface area contributed by atoms with E-state index in [0.29, 0.717) is 6.54 Å². The summed E-state index contributed by atoms with van der Waals surface area (Å²) in [5.41, 5.74) is 0. The fraction of sp³-hybridized carbons (Fsp3) is 0.455. The molecule has 2 rings (SSSR count). The van der Waals surface area contributed by atoms with Gasteiger partial charge in [0.2, 0.25) is 11.9 Å². The first-order valence-electron chi connectivity index (χ1n) is 5.86. The highest BCUT2D eigenvalue weighted by Gasteiger charge is 2.36. The zero-order chi connectivity index (χ0) is 14.0. The van der Waals surface area contributed by atoms with Crippen LogP contribution in [0.3, 0.4) is 0 Å². The quantitative estimate of drug-likeness (QED) is 0.759. The predicted octanol–water partition coefficient (Wildman–Crippen LogP) is 0.217. The molecule has 2 amide bonds. The van der Waals surface area contributed by atoms with Crippen LogP contribution in [0.1, 0.15) is 13.3 Å². The molecule has 0 aliphatic carbocycles. The average Bonchev–Trinajstić information content (AvgIpc) is 2.62. The molecule has 8 heteroatoms. The monoisotopic (exact) mass is 267 g/mol. The van der Waals surface area contributed by atoms with Crippen molar-refractivity contribution < 1.29 is 14.0 Å². The van der Waals surface area contributed by atoms with E-state index in [9.17, 15) is 14.0 Å². The summed E-state index contributed by atoms with van der Waals surface area (Å²) in [6.07, 6.45) is 1.01. The maximum absolute atomic E-state index is 13.6. The normalized spacial score (nSPS) is 18.9. The molecular weight excluding hydrogens is 253 g/mol. The Morgan fingerprint density at radius 3 is 2.84 bits per heavy atom. The van der Waals surface area contributed by atoms with Gasteiger partial charge in [-0.1, -0.05) is 0 Å². The summed E-state index contributed by atoms with van der Waals surface area (Å²) >= 11 is 0. The van der Waals surface area contributed by atoms with Crippen molar-refractivity contribution in [3.05, 3.63) is 12.0 Å². The lowest BCUT2D eigenvalue weighted by Crippen LogP contribution is -2.32. The summed E-state index contributed by atoms with van der Waals surface area (Å²) in [4.78, 5) is 31.8. The van der Waals surface area contributed by atoms with Gasteiger partial charge in [0.1, 0.15) is 6.04 Å². The van der Waals surface area contributed by atoms with Crippen molar-refractivity contribution >= 4 is 23.6 Å². The minimum absolute atomic E-state index is 0.00465. The van der Waals surface area contributed by atoms with Crippen LogP contribution in [0.5, 0.6) is 0 Å². The van der Waals surface area contributed by atoms with Gasteiger partial charge >= 0.3 is 0 Å². The van der Waals surface area contributed by atoms with Crippen molar-refractivity contribution in [2.45, 2.75) is 19.4 Å². The third-order valence-corrected chi connectivity index (χ3v) is 2.77. The molecule has 0 bridgehead atoms. The smallest absolute Gasteiger partial charge is 0.251 e. The molecule has 1 aliphatic heterocycles. The van der Waals surface area contributed by atoms with Crippen LogP contribution < -0.4 is 10.6 Å². The molecule has 0 spiro atoms. The first kappa shape index (κ1) is 13.2.